The van der Waals surface area contributed by atoms with Crippen LogP contribution in [0.2, 0.25) is 5.02 Å². The van der Waals surface area contributed by atoms with Crippen molar-refractivity contribution in [3.8, 4) is 11.3 Å². The molecular formula is C24H28ClN4O+. The van der Waals surface area contributed by atoms with E-state index in [0.717, 1.165) is 54.2 Å². The van der Waals surface area contributed by atoms with Gasteiger partial charge in [-0.3, -0.25) is 9.20 Å². The third kappa shape index (κ3) is 3.53. The Morgan fingerprint density at radius 2 is 1.67 bits per heavy atom. The van der Waals surface area contributed by atoms with Crippen LogP contribution < -0.4 is 4.90 Å². The molecule has 1 N–H and O–H groups in total. The molecule has 0 unspecified atom stereocenters. The first-order chi connectivity index (χ1) is 14.6. The average molecular weight is 424 g/mol. The molecule has 5 nitrogen and oxygen atoms in total. The predicted octanol–water partition coefficient (Wildman–Crippen LogP) is 4.13. The Balaban J connectivity index is 1.97. The van der Waals surface area contributed by atoms with Gasteiger partial charge in [0.2, 0.25) is 5.78 Å². The van der Waals surface area contributed by atoms with Crippen LogP contribution >= 0.6 is 11.6 Å². The minimum Gasteiger partial charge on any atom is -0.334 e. The maximum atomic E-state index is 13.1. The quantitative estimate of drug-likeness (QED) is 0.433. The number of nitrogens with zero attached hydrogens (tertiary/aromatic N) is 3. The third-order valence-electron chi connectivity index (χ3n) is 5.91. The Morgan fingerprint density at radius 1 is 1.00 bits per heavy atom. The Morgan fingerprint density at radius 3 is 2.30 bits per heavy atom. The summed E-state index contributed by atoms with van der Waals surface area (Å²) in [6.45, 7) is 10.4. The molecule has 0 aliphatic heterocycles. The predicted molar refractivity (Wildman–Crippen MR) is 123 cm³/mol. The van der Waals surface area contributed by atoms with E-state index in [0.29, 0.717) is 17.1 Å². The number of carbonyl (C=O) groups excluding carboxylic acids is 1. The van der Waals surface area contributed by atoms with Gasteiger partial charge in [0.1, 0.15) is 11.4 Å². The smallest absolute Gasteiger partial charge is 0.216 e. The normalized spacial score (nSPS) is 11.8. The van der Waals surface area contributed by atoms with Crippen LogP contribution in [0.4, 0.5) is 0 Å². The van der Waals surface area contributed by atoms with Crippen LogP contribution in [0.3, 0.4) is 0 Å². The van der Waals surface area contributed by atoms with Crippen LogP contribution in [0.5, 0.6) is 0 Å². The summed E-state index contributed by atoms with van der Waals surface area (Å²) in [5, 5.41) is 0.669. The van der Waals surface area contributed by atoms with Crippen LogP contribution in [0.25, 0.3) is 28.1 Å². The Bertz CT molecular complexity index is 1190. The maximum Gasteiger partial charge on any atom is 0.216 e. The molecule has 0 aliphatic rings. The minimum absolute atomic E-state index is 0.0877. The van der Waals surface area contributed by atoms with Gasteiger partial charge in [0.25, 0.3) is 0 Å². The first-order valence-electron chi connectivity index (χ1n) is 10.7. The number of carbonyl (C=O) groups is 1. The summed E-state index contributed by atoms with van der Waals surface area (Å²) in [5.74, 6) is 0.911. The van der Waals surface area contributed by atoms with Gasteiger partial charge in [0.15, 0.2) is 5.78 Å². The number of quaternary nitrogens is 1. The van der Waals surface area contributed by atoms with Gasteiger partial charge >= 0.3 is 0 Å². The number of rotatable bonds is 8. The molecule has 0 amide bonds. The molecule has 4 aromatic rings. The summed E-state index contributed by atoms with van der Waals surface area (Å²) in [7, 11) is 0. The van der Waals surface area contributed by atoms with Crippen LogP contribution in [-0.2, 0) is 6.54 Å². The van der Waals surface area contributed by atoms with E-state index >= 15 is 0 Å². The number of benzene rings is 2. The standard InChI is InChI=1S/C24H27ClN4O/c1-4-21(30)23-22(17-11-13-18(25)14-12-17)26-24-28(16-15-27(5-2)6-3)19-9-7-8-10-20(19)29(23)24/h7-14H,4-6,15-16H2,1-3H3/p+1. The molecule has 6 heteroatoms. The van der Waals surface area contributed by atoms with E-state index < -0.39 is 0 Å². The van der Waals surface area contributed by atoms with Crippen molar-refractivity contribution in [2.75, 3.05) is 19.6 Å². The molecule has 0 atom stereocenters. The number of halogens is 1. The van der Waals surface area contributed by atoms with Crippen LogP contribution in [0.15, 0.2) is 48.5 Å². The van der Waals surface area contributed by atoms with E-state index in [1.165, 1.54) is 0 Å². The molecule has 0 bridgehead atoms. The summed E-state index contributed by atoms with van der Waals surface area (Å²) in [6, 6.07) is 15.8. The monoisotopic (exact) mass is 423 g/mol. The lowest BCUT2D eigenvalue weighted by atomic mass is 10.1. The zero-order valence-corrected chi connectivity index (χ0v) is 18.5. The van der Waals surface area contributed by atoms with Gasteiger partial charge < -0.3 is 9.47 Å². The molecule has 0 saturated heterocycles. The van der Waals surface area contributed by atoms with Gasteiger partial charge in [-0.25, -0.2) is 4.98 Å². The van der Waals surface area contributed by atoms with E-state index in [4.69, 9.17) is 16.6 Å². The van der Waals surface area contributed by atoms with E-state index in [9.17, 15) is 4.79 Å². The summed E-state index contributed by atoms with van der Waals surface area (Å²) in [6.07, 6.45) is 0.428. The fourth-order valence-corrected chi connectivity index (χ4v) is 4.26. The van der Waals surface area contributed by atoms with Gasteiger partial charge in [-0.15, -0.1) is 0 Å². The second kappa shape index (κ2) is 8.62. The molecule has 2 aromatic carbocycles. The number of aromatic nitrogens is 3. The molecule has 0 fully saturated rings. The second-order valence-corrected chi connectivity index (χ2v) is 8.01. The van der Waals surface area contributed by atoms with Crippen molar-refractivity contribution in [2.45, 2.75) is 33.7 Å². The van der Waals surface area contributed by atoms with Crippen molar-refractivity contribution < 1.29 is 9.69 Å². The highest BCUT2D eigenvalue weighted by molar-refractivity contribution is 6.30. The number of imidazole rings is 2. The van der Waals surface area contributed by atoms with Gasteiger partial charge in [-0.05, 0) is 38.1 Å². The van der Waals surface area contributed by atoms with Crippen molar-refractivity contribution in [1.29, 1.82) is 0 Å². The summed E-state index contributed by atoms with van der Waals surface area (Å²) >= 11 is 6.09. The van der Waals surface area contributed by atoms with Crippen molar-refractivity contribution in [3.63, 3.8) is 0 Å². The number of hydrogen-bond acceptors (Lipinski definition) is 2. The SMILES string of the molecule is CCC(=O)c1c(-c2ccc(Cl)cc2)nc2n(CC[NH+](CC)CC)c3ccccc3n12. The zero-order chi connectivity index (χ0) is 21.3. The number of ketones is 1. The minimum atomic E-state index is 0.0877. The van der Waals surface area contributed by atoms with Crippen molar-refractivity contribution >= 4 is 34.2 Å². The lowest BCUT2D eigenvalue weighted by Crippen LogP contribution is -3.11. The number of likely N-dealkylation sites (N-methyl/N-ethyl adjacent to an activating group) is 1. The Kier molecular flexibility index (Phi) is 5.93. The molecule has 2 heterocycles. The number of Topliss-reactive ketones (excluding diaryl/α,β-unsaturated/α-hetero) is 1. The lowest BCUT2D eigenvalue weighted by Gasteiger charge is -2.15. The van der Waals surface area contributed by atoms with Gasteiger partial charge in [-0.1, -0.05) is 42.8 Å². The molecule has 0 aliphatic carbocycles. The van der Waals surface area contributed by atoms with Gasteiger partial charge in [0.05, 0.1) is 37.2 Å². The zero-order valence-electron chi connectivity index (χ0n) is 17.8. The molecule has 2 aromatic heterocycles. The first-order valence-corrected chi connectivity index (χ1v) is 11.1. The summed E-state index contributed by atoms with van der Waals surface area (Å²) < 4.78 is 4.30. The first kappa shape index (κ1) is 20.6. The maximum absolute atomic E-state index is 13.1. The molecule has 0 spiro atoms. The van der Waals surface area contributed by atoms with Crippen LogP contribution in [0, 0.1) is 0 Å². The lowest BCUT2D eigenvalue weighted by molar-refractivity contribution is -0.897. The highest BCUT2D eigenvalue weighted by Gasteiger charge is 2.25. The number of fused-ring (bicyclic) bond motifs is 3. The van der Waals surface area contributed by atoms with Crippen LogP contribution in [-0.4, -0.2) is 39.4 Å². The Labute approximate surface area is 181 Å². The molecule has 0 radical (unpaired) electrons. The molecule has 30 heavy (non-hydrogen) atoms. The highest BCUT2D eigenvalue weighted by atomic mass is 35.5. The molecule has 0 saturated carbocycles. The van der Waals surface area contributed by atoms with Crippen molar-refractivity contribution in [3.05, 3.63) is 59.2 Å². The van der Waals surface area contributed by atoms with Gasteiger partial charge in [0, 0.05) is 17.0 Å². The third-order valence-corrected chi connectivity index (χ3v) is 6.16. The average Bonchev–Trinajstić information content (AvgIpc) is 3.30. The largest absolute Gasteiger partial charge is 0.334 e. The highest BCUT2D eigenvalue weighted by Crippen LogP contribution is 2.31. The van der Waals surface area contributed by atoms with Crippen molar-refractivity contribution in [1.82, 2.24) is 14.0 Å². The summed E-state index contributed by atoms with van der Waals surface area (Å²) in [5.41, 5.74) is 4.42. The number of hydrogen-bond donors (Lipinski definition) is 1. The molecule has 156 valence electrons. The van der Waals surface area contributed by atoms with Crippen molar-refractivity contribution in [2.24, 2.45) is 0 Å². The fraction of sp³-hybridized carbons (Fsp3) is 0.333. The topological polar surface area (TPSA) is 43.7 Å². The summed E-state index contributed by atoms with van der Waals surface area (Å²) in [4.78, 5) is 19.6. The van der Waals surface area contributed by atoms with Gasteiger partial charge in [-0.2, -0.15) is 0 Å². The number of nitrogens with one attached hydrogen (secondary N) is 1. The van der Waals surface area contributed by atoms with E-state index in [-0.39, 0.29) is 5.78 Å². The van der Waals surface area contributed by atoms with E-state index in [1.807, 2.05) is 47.7 Å². The Hall–Kier alpha value is -2.63. The fourth-order valence-electron chi connectivity index (χ4n) is 4.13. The van der Waals surface area contributed by atoms with E-state index in [2.05, 4.69) is 30.5 Å². The number of para-hydroxylation sites is 2. The molecule has 4 rings (SSSR count). The second-order valence-electron chi connectivity index (χ2n) is 7.58. The van der Waals surface area contributed by atoms with Crippen LogP contribution in [0.1, 0.15) is 37.7 Å². The van der Waals surface area contributed by atoms with E-state index in [1.54, 1.807) is 4.90 Å². The molecular weight excluding hydrogens is 396 g/mol.